The van der Waals surface area contributed by atoms with Crippen LogP contribution in [0.15, 0.2) is 33.9 Å². The van der Waals surface area contributed by atoms with E-state index in [1.54, 1.807) is 5.32 Å². The number of phosphoric acid groups is 1. The van der Waals surface area contributed by atoms with Gasteiger partial charge in [-0.15, -0.1) is 0 Å². The second-order valence-electron chi connectivity index (χ2n) is 17.4. The van der Waals surface area contributed by atoms with E-state index in [1.165, 1.54) is 12.1 Å². The predicted molar refractivity (Wildman–Crippen MR) is 241 cm³/mol. The Morgan fingerprint density at radius 3 is 1.46 bits per heavy atom. The van der Waals surface area contributed by atoms with Crippen LogP contribution < -0.4 is 78.2 Å². The molecule has 0 saturated carbocycles. The minimum absolute atomic E-state index is 0.0278. The van der Waals surface area contributed by atoms with E-state index in [0.29, 0.717) is 0 Å². The average Bonchev–Trinajstić information content (AvgIpc) is 3.36. The Hall–Kier alpha value is -8.47. The third kappa shape index (κ3) is 21.1. The first-order valence-electron chi connectivity index (χ1n) is 23.4. The summed E-state index contributed by atoms with van der Waals surface area (Å²) < 4.78 is 22.7. The number of aromatic nitrogens is 3. The number of aliphatic hydroxyl groups is 3. The number of carboxylic acids is 6. The van der Waals surface area contributed by atoms with Crippen molar-refractivity contribution in [1.29, 1.82) is 0 Å². The second kappa shape index (κ2) is 30.0. The SMILES string of the molecule is C[C@H](OP(=O)([O-])OC[C@@H](O)[C@@H](O)[C@@H](O)Cn1c2cc(=O)ccc-2cc2c(=O)[nH]c([O-])nc21)C(=O)N[C@@H](CCC(=O)N[C@@H](CCC(=O)N[C@@H](CCC(=O)N[C@@H](CCC(=O)N[C@@H](CCC(=O)[O-])C(=O)[O-])C(=O)[O-])C(=O)[O-])C(=O)[O-])C(=O)[O-]. The van der Waals surface area contributed by atoms with Crippen molar-refractivity contribution in [2.75, 3.05) is 6.61 Å². The largest absolute Gasteiger partial charge is 0.846 e. The fourth-order valence-electron chi connectivity index (χ4n) is 7.17. The summed E-state index contributed by atoms with van der Waals surface area (Å²) in [6.45, 7) is -1.33. The van der Waals surface area contributed by atoms with Gasteiger partial charge in [-0.1, -0.05) is 0 Å². The van der Waals surface area contributed by atoms with Crippen molar-refractivity contribution in [3.8, 4) is 17.3 Å². The minimum atomic E-state index is -5.66. The molecule has 0 saturated heterocycles. The Morgan fingerprint density at radius 1 is 0.637 bits per heavy atom. The number of phosphoric ester groups is 1. The number of carboxylic acid groups (broad SMARTS) is 6. The van der Waals surface area contributed by atoms with Crippen LogP contribution in [-0.4, -0.2) is 156 Å². The van der Waals surface area contributed by atoms with E-state index >= 15 is 0 Å². The number of benzene rings is 1. The highest BCUT2D eigenvalue weighted by Gasteiger charge is 2.31. The Bertz CT molecular complexity index is 2950. The smallest absolute Gasteiger partial charge is 0.268 e. The van der Waals surface area contributed by atoms with Crippen LogP contribution in [-0.2, 0) is 72.9 Å². The van der Waals surface area contributed by atoms with E-state index in [2.05, 4.69) is 14.0 Å². The van der Waals surface area contributed by atoms with Crippen molar-refractivity contribution in [1.82, 2.24) is 41.1 Å². The molecule has 2 heterocycles. The quantitative estimate of drug-likeness (QED) is 0.0195. The lowest BCUT2D eigenvalue weighted by Crippen LogP contribution is -2.52. The van der Waals surface area contributed by atoms with Crippen LogP contribution in [0, 0.1) is 0 Å². The van der Waals surface area contributed by atoms with Crippen LogP contribution in [0.1, 0.15) is 71.1 Å². The first-order chi connectivity index (χ1) is 37.3. The average molecular weight is 1150 g/mol. The maximum atomic E-state index is 12.7. The summed E-state index contributed by atoms with van der Waals surface area (Å²) in [6, 6.07) is -6.07. The van der Waals surface area contributed by atoms with Gasteiger partial charge in [0.1, 0.15) is 30.1 Å². The molecule has 3 rings (SSSR count). The molecule has 0 spiro atoms. The topological polar surface area (TPSA) is 596 Å². The second-order valence-corrected chi connectivity index (χ2v) is 18.8. The number of carbonyl (C=O) groups excluding carboxylic acids is 11. The van der Waals surface area contributed by atoms with Gasteiger partial charge in [-0.3, -0.25) is 38.1 Å². The Morgan fingerprint density at radius 2 is 1.05 bits per heavy atom. The molecule has 0 aromatic carbocycles. The zero-order chi connectivity index (χ0) is 60.3. The lowest BCUT2D eigenvalue weighted by molar-refractivity contribution is -0.311. The molecule has 0 radical (unpaired) electrons. The number of nitrogens with one attached hydrogen (secondary N) is 6. The maximum absolute atomic E-state index is 12.7. The van der Waals surface area contributed by atoms with E-state index < -0.39 is 222 Å². The van der Waals surface area contributed by atoms with Gasteiger partial charge in [0.25, 0.3) is 13.4 Å². The van der Waals surface area contributed by atoms with Crippen molar-refractivity contribution in [2.45, 2.75) is 132 Å². The number of carbonyl (C=O) groups is 11. The van der Waals surface area contributed by atoms with Crippen molar-refractivity contribution >= 4 is 84.2 Å². The molecule has 440 valence electrons. The lowest BCUT2D eigenvalue weighted by Gasteiger charge is -2.30. The third-order valence-corrected chi connectivity index (χ3v) is 12.4. The molecule has 35 nitrogen and oxygen atoms in total. The molecule has 1 unspecified atom stereocenters. The molecule has 0 fully saturated rings. The number of aliphatic carboxylic acids is 6. The Kier molecular flexibility index (Phi) is 24.7. The lowest BCUT2D eigenvalue weighted by atomic mass is 10.0. The number of aromatic amines is 1. The summed E-state index contributed by atoms with van der Waals surface area (Å²) in [6.07, 6.45) is -16.5. The number of rotatable bonds is 35. The summed E-state index contributed by atoms with van der Waals surface area (Å²) in [5, 5.41) is 122. The summed E-state index contributed by atoms with van der Waals surface area (Å²) in [5.74, 6) is -17.6. The van der Waals surface area contributed by atoms with Gasteiger partial charge < -0.3 is 130 Å². The van der Waals surface area contributed by atoms with Crippen LogP contribution in [0.25, 0.3) is 22.3 Å². The monoisotopic (exact) mass is 1150 g/mol. The van der Waals surface area contributed by atoms with E-state index in [4.69, 9.17) is 0 Å². The normalized spacial score (nSPS) is 15.5. The zero-order valence-electron chi connectivity index (χ0n) is 41.5. The maximum Gasteiger partial charge on any atom is 0.268 e. The molecule has 1 aromatic rings. The molecule has 2 aliphatic rings. The number of H-pyrrole nitrogens is 1. The van der Waals surface area contributed by atoms with Gasteiger partial charge in [-0.2, -0.15) is 0 Å². The first-order valence-corrected chi connectivity index (χ1v) is 24.9. The van der Waals surface area contributed by atoms with Gasteiger partial charge in [-0.25, -0.2) is 4.98 Å². The number of hydrogen-bond acceptors (Lipinski definition) is 28. The van der Waals surface area contributed by atoms with Crippen molar-refractivity contribution in [3.63, 3.8) is 0 Å². The van der Waals surface area contributed by atoms with Crippen molar-refractivity contribution in [2.24, 2.45) is 0 Å². The molecule has 5 amide bonds. The molecule has 1 aromatic heterocycles. The van der Waals surface area contributed by atoms with E-state index in [-0.39, 0.29) is 22.3 Å². The standard InChI is InChI=1S/C44H57N8O27P/c1-18(79-80(76,77)78-17-29(55)35(62)28(54)16-52-27-15-20(53)3-2-19(27)14-21-36(52)50-44(75)51-38(21)64)37(63)49-26(43(73)74)7-12-33(59)47-24(41(69)70)5-10-31(57)45-22(39(65)66)4-9-30(56)46-23(40(67)68)6-11-32(58)48-25(42(71)72)8-13-34(60)61/h2-3,14-15,18,22-26,28-29,35,54-55,62H,4-13,16-17H2,1H3,(H,45,57)(H,46,56)(H,47,59)(H,48,58)(H,49,63)(H,60,61)(H,65,66)(H,67,68)(H,69,70)(H,71,72)(H,73,74)(H,76,77)(H2,50,51,64,75)/p-8/t18-,22-,23-,24-,25-,26-,28-,29+,35-/m0/s1. The van der Waals surface area contributed by atoms with Gasteiger partial charge in [0, 0.05) is 37.7 Å². The van der Waals surface area contributed by atoms with Gasteiger partial charge in [0.05, 0.1) is 90.3 Å². The third-order valence-electron chi connectivity index (χ3n) is 11.3. The Labute approximate surface area is 447 Å². The molecular weight excluding hydrogens is 1100 g/mol. The number of aliphatic hydroxyl groups excluding tert-OH is 3. The molecule has 36 heteroatoms. The van der Waals surface area contributed by atoms with Crippen LogP contribution >= 0.6 is 7.82 Å². The molecule has 9 N–H and O–H groups in total. The summed E-state index contributed by atoms with van der Waals surface area (Å²) in [4.78, 5) is 174. The van der Waals surface area contributed by atoms with Gasteiger partial charge >= 0.3 is 0 Å². The van der Waals surface area contributed by atoms with E-state index in [9.17, 15) is 123 Å². The summed E-state index contributed by atoms with van der Waals surface area (Å²) in [5.41, 5.74) is -1.50. The molecule has 80 heavy (non-hydrogen) atoms. The fraction of sp³-hybridized carbons (Fsp3) is 0.500. The Balaban J connectivity index is 1.48. The minimum Gasteiger partial charge on any atom is -0.846 e. The van der Waals surface area contributed by atoms with E-state index in [1.807, 2.05) is 26.3 Å². The number of hydrogen-bond donors (Lipinski definition) is 9. The molecule has 1 aliphatic heterocycles. The van der Waals surface area contributed by atoms with E-state index in [0.717, 1.165) is 23.6 Å². The van der Waals surface area contributed by atoms with Crippen LogP contribution in [0.2, 0.25) is 0 Å². The van der Waals surface area contributed by atoms with Crippen LogP contribution in [0.5, 0.6) is 6.01 Å². The molecule has 1 aliphatic carbocycles. The molecular formula is C44H49N8O27P-8. The highest BCUT2D eigenvalue weighted by molar-refractivity contribution is 7.45. The zero-order valence-corrected chi connectivity index (χ0v) is 42.4. The van der Waals surface area contributed by atoms with Crippen molar-refractivity contribution < 1.29 is 122 Å². The summed E-state index contributed by atoms with van der Waals surface area (Å²) >= 11 is 0. The van der Waals surface area contributed by atoms with Crippen molar-refractivity contribution in [3.05, 3.63) is 44.8 Å². The molecule has 10 atom stereocenters. The first kappa shape index (κ1) is 65.8. The number of fused-ring (bicyclic) bond motifs is 2. The molecule has 0 bridgehead atoms. The predicted octanol–water partition coefficient (Wildman–Crippen LogP) is -13.9. The highest BCUT2D eigenvalue weighted by atomic mass is 31.2. The van der Waals surface area contributed by atoms with Crippen LogP contribution in [0.3, 0.4) is 0 Å². The van der Waals surface area contributed by atoms with Crippen LogP contribution in [0.4, 0.5) is 0 Å². The summed E-state index contributed by atoms with van der Waals surface area (Å²) in [7, 11) is -5.66. The fourth-order valence-corrected chi connectivity index (χ4v) is 8.05. The number of pyridine rings is 1. The van der Waals surface area contributed by atoms with Gasteiger partial charge in [0.15, 0.2) is 5.43 Å². The number of amides is 5. The van der Waals surface area contributed by atoms with Gasteiger partial charge in [-0.05, 0) is 69.2 Å². The van der Waals surface area contributed by atoms with Gasteiger partial charge in [0.2, 0.25) is 29.5 Å². The number of nitrogens with zero attached hydrogens (tertiary/aromatic N) is 2. The highest BCUT2D eigenvalue weighted by Crippen LogP contribution is 2.40.